The number of aliphatic hydroxyl groups excluding tert-OH is 1. The number of quaternary nitrogens is 1. The van der Waals surface area contributed by atoms with Gasteiger partial charge in [0.2, 0.25) is 0 Å². The molecule has 0 radical (unpaired) electrons. The van der Waals surface area contributed by atoms with Crippen molar-refractivity contribution in [3.63, 3.8) is 0 Å². The lowest BCUT2D eigenvalue weighted by Gasteiger charge is -2.45. The van der Waals surface area contributed by atoms with Crippen LogP contribution < -0.4 is 0 Å². The zero-order valence-electron chi connectivity index (χ0n) is 13.2. The van der Waals surface area contributed by atoms with E-state index in [1.54, 1.807) is 0 Å². The second-order valence-corrected chi connectivity index (χ2v) is 6.22. The van der Waals surface area contributed by atoms with Gasteiger partial charge in [0.15, 0.2) is 0 Å². The molecule has 0 aromatic heterocycles. The smallest absolute Gasteiger partial charge is 0.0916 e. The summed E-state index contributed by atoms with van der Waals surface area (Å²) in [7, 11) is 0. The number of piperazine rings is 1. The lowest BCUT2D eigenvalue weighted by molar-refractivity contribution is -0.932. The molecule has 0 saturated carbocycles. The lowest BCUT2D eigenvalue weighted by atomic mass is 10.1. The first-order valence-electron chi connectivity index (χ1n) is 8.44. The Bertz CT molecular complexity index is 213. The van der Waals surface area contributed by atoms with Crippen LogP contribution in [0.5, 0.6) is 0 Å². The van der Waals surface area contributed by atoms with Crippen molar-refractivity contribution in [2.45, 2.75) is 52.4 Å². The Balaban J connectivity index is 2.39. The Labute approximate surface area is 120 Å². The average Bonchev–Trinajstić information content (AvgIpc) is 2.45. The molecule has 3 nitrogen and oxygen atoms in total. The van der Waals surface area contributed by atoms with Crippen molar-refractivity contribution in [1.82, 2.24) is 4.90 Å². The molecular weight excluding hydrogens is 236 g/mol. The van der Waals surface area contributed by atoms with Crippen molar-refractivity contribution in [1.29, 1.82) is 0 Å². The second kappa shape index (κ2) is 9.73. The number of nitrogens with zero attached hydrogens (tertiary/aromatic N) is 2. The SMILES string of the molecule is CCCCN1CC[N+](CCCC)(CCCCO)CC1. The van der Waals surface area contributed by atoms with Gasteiger partial charge in [-0.2, -0.15) is 0 Å². The van der Waals surface area contributed by atoms with Gasteiger partial charge in [-0.15, -0.1) is 0 Å². The first-order valence-corrected chi connectivity index (χ1v) is 8.44. The maximum atomic E-state index is 8.98. The summed E-state index contributed by atoms with van der Waals surface area (Å²) in [5.41, 5.74) is 0. The predicted octanol–water partition coefficient (Wildman–Crippen LogP) is 2.49. The lowest BCUT2D eigenvalue weighted by Crippen LogP contribution is -2.60. The van der Waals surface area contributed by atoms with Gasteiger partial charge in [0.1, 0.15) is 0 Å². The van der Waals surface area contributed by atoms with Crippen molar-refractivity contribution in [3.8, 4) is 0 Å². The van der Waals surface area contributed by atoms with E-state index in [2.05, 4.69) is 18.7 Å². The fourth-order valence-corrected chi connectivity index (χ4v) is 3.15. The minimum absolute atomic E-state index is 0.358. The third-order valence-corrected chi connectivity index (χ3v) is 4.64. The Morgan fingerprint density at radius 2 is 1.53 bits per heavy atom. The molecule has 1 fully saturated rings. The summed E-state index contributed by atoms with van der Waals surface area (Å²) in [6.45, 7) is 14.1. The molecule has 0 bridgehead atoms. The van der Waals surface area contributed by atoms with E-state index in [1.165, 1.54) is 82.4 Å². The highest BCUT2D eigenvalue weighted by Gasteiger charge is 2.31. The van der Waals surface area contributed by atoms with Crippen molar-refractivity contribution in [2.75, 3.05) is 52.4 Å². The van der Waals surface area contributed by atoms with Crippen molar-refractivity contribution in [2.24, 2.45) is 0 Å². The molecule has 1 N–H and O–H groups in total. The zero-order valence-corrected chi connectivity index (χ0v) is 13.2. The molecule has 1 saturated heterocycles. The molecule has 1 rings (SSSR count). The van der Waals surface area contributed by atoms with Gasteiger partial charge in [-0.05, 0) is 32.2 Å². The molecule has 0 aromatic carbocycles. The predicted molar refractivity (Wildman–Crippen MR) is 82.3 cm³/mol. The van der Waals surface area contributed by atoms with E-state index in [0.29, 0.717) is 6.61 Å². The van der Waals surface area contributed by atoms with Gasteiger partial charge in [-0.1, -0.05) is 26.7 Å². The van der Waals surface area contributed by atoms with Crippen molar-refractivity contribution < 1.29 is 9.59 Å². The fraction of sp³-hybridized carbons (Fsp3) is 1.00. The summed E-state index contributed by atoms with van der Waals surface area (Å²) < 4.78 is 1.32. The van der Waals surface area contributed by atoms with Gasteiger partial charge in [-0.25, -0.2) is 0 Å². The van der Waals surface area contributed by atoms with Crippen LogP contribution in [0.3, 0.4) is 0 Å². The first kappa shape index (κ1) is 16.9. The maximum Gasteiger partial charge on any atom is 0.0916 e. The Morgan fingerprint density at radius 3 is 2.11 bits per heavy atom. The van der Waals surface area contributed by atoms with Crippen LogP contribution >= 0.6 is 0 Å². The molecule has 0 aliphatic carbocycles. The Morgan fingerprint density at radius 1 is 0.895 bits per heavy atom. The molecule has 19 heavy (non-hydrogen) atoms. The number of hydrogen-bond donors (Lipinski definition) is 1. The van der Waals surface area contributed by atoms with Crippen LogP contribution in [0, 0.1) is 0 Å². The summed E-state index contributed by atoms with van der Waals surface area (Å²) in [4.78, 5) is 2.65. The third-order valence-electron chi connectivity index (χ3n) is 4.64. The summed E-state index contributed by atoms with van der Waals surface area (Å²) in [5.74, 6) is 0. The van der Waals surface area contributed by atoms with Crippen molar-refractivity contribution in [3.05, 3.63) is 0 Å². The number of hydrogen-bond acceptors (Lipinski definition) is 2. The number of aliphatic hydroxyl groups is 1. The molecule has 1 aliphatic heterocycles. The zero-order chi connectivity index (χ0) is 14.0. The van der Waals surface area contributed by atoms with Crippen LogP contribution in [-0.4, -0.2) is 66.9 Å². The van der Waals surface area contributed by atoms with Crippen LogP contribution in [0.4, 0.5) is 0 Å². The number of rotatable bonds is 10. The third kappa shape index (κ3) is 6.24. The summed E-state index contributed by atoms with van der Waals surface area (Å²) in [6.07, 6.45) is 7.48. The molecule has 3 heteroatoms. The molecule has 0 spiro atoms. The molecule has 1 aliphatic rings. The van der Waals surface area contributed by atoms with Gasteiger partial charge in [-0.3, -0.25) is 4.90 Å². The molecule has 0 aromatic rings. The molecule has 1 heterocycles. The highest BCUT2D eigenvalue weighted by molar-refractivity contribution is 4.64. The van der Waals surface area contributed by atoms with Gasteiger partial charge >= 0.3 is 0 Å². The largest absolute Gasteiger partial charge is 0.396 e. The van der Waals surface area contributed by atoms with Crippen LogP contribution in [0.15, 0.2) is 0 Å². The van der Waals surface area contributed by atoms with E-state index < -0.39 is 0 Å². The highest BCUT2D eigenvalue weighted by atomic mass is 16.2. The van der Waals surface area contributed by atoms with E-state index in [-0.39, 0.29) is 0 Å². The topological polar surface area (TPSA) is 23.5 Å². The summed E-state index contributed by atoms with van der Waals surface area (Å²) in [6, 6.07) is 0. The maximum absolute atomic E-state index is 8.98. The quantitative estimate of drug-likeness (QED) is 0.487. The van der Waals surface area contributed by atoms with Crippen LogP contribution in [0.1, 0.15) is 52.4 Å². The van der Waals surface area contributed by atoms with Crippen LogP contribution in [0.25, 0.3) is 0 Å². The standard InChI is InChI=1S/C16H35N2O/c1-3-5-9-17-10-14-18(15-11-17,12-6-4-2)13-7-8-16-19/h19H,3-16H2,1-2H3/q+1. The summed E-state index contributed by atoms with van der Waals surface area (Å²) >= 11 is 0. The minimum Gasteiger partial charge on any atom is -0.396 e. The average molecular weight is 271 g/mol. The van der Waals surface area contributed by atoms with Gasteiger partial charge in [0.25, 0.3) is 0 Å². The molecular formula is C16H35N2O+. The van der Waals surface area contributed by atoms with E-state index in [4.69, 9.17) is 5.11 Å². The van der Waals surface area contributed by atoms with Crippen LogP contribution in [0.2, 0.25) is 0 Å². The molecule has 114 valence electrons. The Kier molecular flexibility index (Phi) is 8.67. The van der Waals surface area contributed by atoms with E-state index in [9.17, 15) is 0 Å². The van der Waals surface area contributed by atoms with Gasteiger partial charge in [0.05, 0.1) is 26.2 Å². The fourth-order valence-electron chi connectivity index (χ4n) is 3.15. The highest BCUT2D eigenvalue weighted by Crippen LogP contribution is 2.17. The number of unbranched alkanes of at least 4 members (excludes halogenated alkanes) is 3. The normalized spacial score (nSPS) is 19.7. The first-order chi connectivity index (χ1) is 9.26. The molecule has 0 atom stereocenters. The van der Waals surface area contributed by atoms with Gasteiger partial charge in [0, 0.05) is 19.7 Å². The van der Waals surface area contributed by atoms with Crippen LogP contribution in [-0.2, 0) is 0 Å². The molecule has 0 unspecified atom stereocenters. The van der Waals surface area contributed by atoms with Crippen molar-refractivity contribution >= 4 is 0 Å². The van der Waals surface area contributed by atoms with E-state index in [1.807, 2.05) is 0 Å². The second-order valence-electron chi connectivity index (χ2n) is 6.22. The monoisotopic (exact) mass is 271 g/mol. The van der Waals surface area contributed by atoms with E-state index >= 15 is 0 Å². The van der Waals surface area contributed by atoms with Gasteiger partial charge < -0.3 is 9.59 Å². The molecule has 0 amide bonds. The summed E-state index contributed by atoms with van der Waals surface area (Å²) in [5, 5.41) is 8.98. The minimum atomic E-state index is 0.358. The Hall–Kier alpha value is -0.120. The van der Waals surface area contributed by atoms with E-state index in [0.717, 1.165) is 6.42 Å².